The number of hydrogen-bond acceptors (Lipinski definition) is 7. The lowest BCUT2D eigenvalue weighted by molar-refractivity contribution is -0.142. The van der Waals surface area contributed by atoms with Gasteiger partial charge in [0.05, 0.1) is 24.2 Å². The molecule has 0 spiro atoms. The zero-order valence-corrected chi connectivity index (χ0v) is 15.3. The molecule has 1 aliphatic carbocycles. The Morgan fingerprint density at radius 1 is 1.04 bits per heavy atom. The number of ether oxygens (including phenoxy) is 1. The maximum atomic E-state index is 12.9. The van der Waals surface area contributed by atoms with Crippen molar-refractivity contribution in [2.75, 3.05) is 7.11 Å². The lowest BCUT2D eigenvalue weighted by Gasteiger charge is -2.23. The van der Waals surface area contributed by atoms with Crippen LogP contribution in [0, 0.1) is 0 Å². The van der Waals surface area contributed by atoms with Crippen LogP contribution in [0.2, 0.25) is 0 Å². The Morgan fingerprint density at radius 2 is 1.61 bits per heavy atom. The minimum Gasteiger partial charge on any atom is -0.507 e. The molecule has 7 heteroatoms. The molecule has 0 bridgehead atoms. The first-order valence-corrected chi connectivity index (χ1v) is 8.62. The maximum absolute atomic E-state index is 12.9. The average molecular weight is 382 g/mol. The van der Waals surface area contributed by atoms with Crippen LogP contribution < -0.4 is 0 Å². The topological polar surface area (TPSA) is 118 Å². The molecule has 1 aliphatic rings. The Kier molecular flexibility index (Phi) is 5.00. The Balaban J connectivity index is 2.20. The predicted octanol–water partition coefficient (Wildman–Crippen LogP) is 2.50. The Labute approximate surface area is 160 Å². The number of benzene rings is 2. The van der Waals surface area contributed by atoms with Gasteiger partial charge < -0.3 is 19.7 Å². The Hall–Kier alpha value is -3.48. The molecule has 0 saturated carbocycles. The standard InChI is InChI=1S/C21H18O7/c1-10(22)7-8-13(21(27)28-2)14-9-15(23)16-17(20(14)26)19(25)12-6-4-3-5-11(12)18(16)24/h3-6,9,13,23,26H,7-8H2,1-2H3. The number of Topliss-reactive ketones (excluding diaryl/α,β-unsaturated/α-hetero) is 1. The normalized spacial score (nSPS) is 13.5. The first-order valence-electron chi connectivity index (χ1n) is 8.62. The van der Waals surface area contributed by atoms with Crippen LogP contribution in [0.4, 0.5) is 0 Å². The highest BCUT2D eigenvalue weighted by Gasteiger charge is 2.37. The van der Waals surface area contributed by atoms with Gasteiger partial charge in [-0.3, -0.25) is 14.4 Å². The minimum atomic E-state index is -1.08. The fourth-order valence-corrected chi connectivity index (χ4v) is 3.43. The van der Waals surface area contributed by atoms with Crippen LogP contribution in [-0.4, -0.2) is 40.6 Å². The molecule has 2 aromatic rings. The number of carbonyl (C=O) groups is 4. The second-order valence-electron chi connectivity index (χ2n) is 6.60. The molecule has 3 rings (SSSR count). The van der Waals surface area contributed by atoms with Crippen molar-refractivity contribution >= 4 is 23.3 Å². The van der Waals surface area contributed by atoms with Crippen molar-refractivity contribution in [1.29, 1.82) is 0 Å². The van der Waals surface area contributed by atoms with Gasteiger partial charge in [-0.2, -0.15) is 0 Å². The molecule has 28 heavy (non-hydrogen) atoms. The van der Waals surface area contributed by atoms with Gasteiger partial charge in [-0.05, 0) is 19.4 Å². The van der Waals surface area contributed by atoms with Crippen LogP contribution in [0.15, 0.2) is 30.3 Å². The number of carbonyl (C=O) groups excluding carboxylic acids is 4. The van der Waals surface area contributed by atoms with Gasteiger partial charge in [-0.15, -0.1) is 0 Å². The van der Waals surface area contributed by atoms with Gasteiger partial charge in [0, 0.05) is 23.1 Å². The fourth-order valence-electron chi connectivity index (χ4n) is 3.43. The van der Waals surface area contributed by atoms with E-state index in [1.54, 1.807) is 12.1 Å². The summed E-state index contributed by atoms with van der Waals surface area (Å²) in [4.78, 5) is 49.2. The summed E-state index contributed by atoms with van der Waals surface area (Å²) in [6.45, 7) is 1.36. The van der Waals surface area contributed by atoms with E-state index in [0.29, 0.717) is 0 Å². The van der Waals surface area contributed by atoms with E-state index in [9.17, 15) is 29.4 Å². The van der Waals surface area contributed by atoms with Gasteiger partial charge in [0.1, 0.15) is 17.3 Å². The summed E-state index contributed by atoms with van der Waals surface area (Å²) >= 11 is 0. The summed E-state index contributed by atoms with van der Waals surface area (Å²) in [7, 11) is 1.16. The highest BCUT2D eigenvalue weighted by atomic mass is 16.5. The molecule has 2 aromatic carbocycles. The Bertz CT molecular complexity index is 1020. The molecule has 0 amide bonds. The van der Waals surface area contributed by atoms with E-state index in [0.717, 1.165) is 13.2 Å². The second kappa shape index (κ2) is 7.26. The first kappa shape index (κ1) is 19.3. The number of esters is 1. The minimum absolute atomic E-state index is 0.0204. The predicted molar refractivity (Wildman–Crippen MR) is 97.8 cm³/mol. The smallest absolute Gasteiger partial charge is 0.313 e. The third kappa shape index (κ3) is 3.05. The van der Waals surface area contributed by atoms with Crippen LogP contribution in [0.1, 0.15) is 63.1 Å². The number of phenols is 2. The van der Waals surface area contributed by atoms with E-state index < -0.39 is 35.0 Å². The van der Waals surface area contributed by atoms with E-state index >= 15 is 0 Å². The van der Waals surface area contributed by atoms with Crippen LogP contribution in [0.5, 0.6) is 11.5 Å². The number of aromatic hydroxyl groups is 2. The number of phenolic OH excluding ortho intramolecular Hbond substituents is 2. The number of methoxy groups -OCH3 is 1. The lowest BCUT2D eigenvalue weighted by Crippen LogP contribution is -2.23. The molecule has 2 N–H and O–H groups in total. The van der Waals surface area contributed by atoms with Crippen molar-refractivity contribution < 1.29 is 34.1 Å². The van der Waals surface area contributed by atoms with E-state index in [1.807, 2.05) is 0 Å². The number of rotatable bonds is 5. The van der Waals surface area contributed by atoms with Gasteiger partial charge in [-0.1, -0.05) is 24.3 Å². The third-order valence-corrected chi connectivity index (χ3v) is 4.83. The molecule has 144 valence electrons. The molecular formula is C21H18O7. The third-order valence-electron chi connectivity index (χ3n) is 4.83. The summed E-state index contributed by atoms with van der Waals surface area (Å²) in [5, 5.41) is 21.2. The monoisotopic (exact) mass is 382 g/mol. The quantitative estimate of drug-likeness (QED) is 0.514. The van der Waals surface area contributed by atoms with Gasteiger partial charge in [0.2, 0.25) is 0 Å². The maximum Gasteiger partial charge on any atom is 0.313 e. The SMILES string of the molecule is COC(=O)C(CCC(C)=O)c1cc(O)c2c(c1O)C(=O)c1ccccc1C2=O. The molecule has 0 radical (unpaired) electrons. The van der Waals surface area contributed by atoms with E-state index in [-0.39, 0.29) is 46.4 Å². The first-order chi connectivity index (χ1) is 13.3. The molecule has 1 unspecified atom stereocenters. The molecule has 0 heterocycles. The van der Waals surface area contributed by atoms with Gasteiger partial charge >= 0.3 is 5.97 Å². The van der Waals surface area contributed by atoms with Crippen LogP contribution >= 0.6 is 0 Å². The van der Waals surface area contributed by atoms with Crippen molar-refractivity contribution in [3.63, 3.8) is 0 Å². The summed E-state index contributed by atoms with van der Waals surface area (Å²) < 4.78 is 4.75. The fraction of sp³-hybridized carbons (Fsp3) is 0.238. The summed E-state index contributed by atoms with van der Waals surface area (Å²) in [6, 6.07) is 7.17. The van der Waals surface area contributed by atoms with E-state index in [1.165, 1.54) is 19.1 Å². The van der Waals surface area contributed by atoms with Gasteiger partial charge in [0.25, 0.3) is 0 Å². The highest BCUT2D eigenvalue weighted by Crippen LogP contribution is 2.43. The number of fused-ring (bicyclic) bond motifs is 2. The van der Waals surface area contributed by atoms with Crippen molar-refractivity contribution in [3.8, 4) is 11.5 Å². The molecule has 7 nitrogen and oxygen atoms in total. The lowest BCUT2D eigenvalue weighted by atomic mass is 9.80. The summed E-state index contributed by atoms with van der Waals surface area (Å²) in [5.74, 6) is -4.29. The van der Waals surface area contributed by atoms with Crippen molar-refractivity contribution in [3.05, 3.63) is 58.1 Å². The van der Waals surface area contributed by atoms with Gasteiger partial charge in [0.15, 0.2) is 11.6 Å². The van der Waals surface area contributed by atoms with Crippen molar-refractivity contribution in [2.45, 2.75) is 25.7 Å². The largest absolute Gasteiger partial charge is 0.507 e. The van der Waals surface area contributed by atoms with Crippen LogP contribution in [-0.2, 0) is 14.3 Å². The molecule has 1 atom stereocenters. The second-order valence-corrected chi connectivity index (χ2v) is 6.60. The summed E-state index contributed by atoms with van der Waals surface area (Å²) in [6.07, 6.45) is 0.0548. The zero-order valence-electron chi connectivity index (χ0n) is 15.3. The molecule has 0 aromatic heterocycles. The molecule has 0 saturated heterocycles. The molecular weight excluding hydrogens is 364 g/mol. The highest BCUT2D eigenvalue weighted by molar-refractivity contribution is 6.30. The van der Waals surface area contributed by atoms with E-state index in [4.69, 9.17) is 4.74 Å². The zero-order chi connectivity index (χ0) is 20.6. The summed E-state index contributed by atoms with van der Waals surface area (Å²) in [5.41, 5.74) is -0.491. The van der Waals surface area contributed by atoms with Crippen molar-refractivity contribution in [1.82, 2.24) is 0 Å². The van der Waals surface area contributed by atoms with Gasteiger partial charge in [-0.25, -0.2) is 0 Å². The van der Waals surface area contributed by atoms with E-state index in [2.05, 4.69) is 0 Å². The molecule has 0 fully saturated rings. The van der Waals surface area contributed by atoms with Crippen molar-refractivity contribution in [2.24, 2.45) is 0 Å². The van der Waals surface area contributed by atoms with Crippen LogP contribution in [0.3, 0.4) is 0 Å². The molecule has 0 aliphatic heterocycles. The average Bonchev–Trinajstić information content (AvgIpc) is 2.67. The van der Waals surface area contributed by atoms with Crippen LogP contribution in [0.25, 0.3) is 0 Å². The Morgan fingerprint density at radius 3 is 2.14 bits per heavy atom. The number of hydrogen-bond donors (Lipinski definition) is 2. The number of ketones is 3.